The normalized spacial score (nSPS) is 14.3. The number of aryl methyl sites for hydroxylation is 3. The zero-order valence-electron chi connectivity index (χ0n) is 24.8. The number of anilines is 1. The molecule has 5 aromatic rings. The molecule has 3 aromatic carbocycles. The number of hydrogen-bond acceptors (Lipinski definition) is 7. The zero-order chi connectivity index (χ0) is 30.1. The Morgan fingerprint density at radius 2 is 1.77 bits per heavy atom. The number of carbonyl (C=O) groups excluding carboxylic acids is 1. The van der Waals surface area contributed by atoms with Crippen LogP contribution in [-0.4, -0.2) is 68.7 Å². The van der Waals surface area contributed by atoms with Crippen molar-refractivity contribution in [3.05, 3.63) is 94.1 Å². The number of amides is 1. The van der Waals surface area contributed by atoms with Crippen LogP contribution in [-0.2, 0) is 13.6 Å². The Bertz CT molecular complexity index is 1810. The first-order valence-corrected chi connectivity index (χ1v) is 14.7. The van der Waals surface area contributed by atoms with Crippen LogP contribution >= 0.6 is 11.6 Å². The predicted octanol–water partition coefficient (Wildman–Crippen LogP) is 6.09. The fourth-order valence-corrected chi connectivity index (χ4v) is 5.43. The third-order valence-electron chi connectivity index (χ3n) is 7.80. The first kappa shape index (κ1) is 28.8. The van der Waals surface area contributed by atoms with Gasteiger partial charge >= 0.3 is 0 Å². The Kier molecular flexibility index (Phi) is 8.12. The molecule has 0 unspecified atom stereocenters. The number of nitrogens with zero attached hydrogens (tertiary/aromatic N) is 6. The number of hydrogen-bond donors (Lipinski definition) is 1. The molecule has 1 aliphatic rings. The summed E-state index contributed by atoms with van der Waals surface area (Å²) in [5.41, 5.74) is 5.79. The molecular formula is C33H34ClN7O2. The van der Waals surface area contributed by atoms with Crippen LogP contribution in [0.25, 0.3) is 22.4 Å². The second kappa shape index (κ2) is 12.1. The molecule has 2 aromatic heterocycles. The average Bonchev–Trinajstić information content (AvgIpc) is 3.37. The van der Waals surface area contributed by atoms with E-state index < -0.39 is 0 Å². The van der Waals surface area contributed by atoms with E-state index in [4.69, 9.17) is 21.3 Å². The number of rotatable bonds is 7. The van der Waals surface area contributed by atoms with Crippen LogP contribution in [0.4, 0.5) is 5.69 Å². The lowest BCUT2D eigenvalue weighted by atomic mass is 10.1. The van der Waals surface area contributed by atoms with Crippen LogP contribution in [0.5, 0.6) is 11.6 Å². The van der Waals surface area contributed by atoms with Gasteiger partial charge in [0.25, 0.3) is 5.91 Å². The summed E-state index contributed by atoms with van der Waals surface area (Å²) < 4.78 is 7.95. The van der Waals surface area contributed by atoms with Gasteiger partial charge in [-0.3, -0.25) is 14.4 Å². The first-order chi connectivity index (χ1) is 20.7. The summed E-state index contributed by atoms with van der Waals surface area (Å²) >= 11 is 6.22. The monoisotopic (exact) mass is 595 g/mol. The number of fused-ring (bicyclic) bond motifs is 1. The maximum atomic E-state index is 13.4. The number of ether oxygens (including phenoxy) is 1. The van der Waals surface area contributed by atoms with Crippen molar-refractivity contribution in [2.75, 3.05) is 38.5 Å². The molecule has 0 spiro atoms. The van der Waals surface area contributed by atoms with E-state index in [-0.39, 0.29) is 5.91 Å². The van der Waals surface area contributed by atoms with E-state index in [1.165, 1.54) is 5.56 Å². The zero-order valence-corrected chi connectivity index (χ0v) is 25.5. The van der Waals surface area contributed by atoms with Gasteiger partial charge in [-0.2, -0.15) is 10.1 Å². The van der Waals surface area contributed by atoms with Gasteiger partial charge in [0.05, 0.1) is 0 Å². The molecule has 1 fully saturated rings. The fourth-order valence-electron chi connectivity index (χ4n) is 5.24. The third-order valence-corrected chi connectivity index (χ3v) is 8.04. The molecule has 0 bridgehead atoms. The molecule has 43 heavy (non-hydrogen) atoms. The molecule has 1 amide bonds. The Hall–Kier alpha value is -4.31. The molecule has 3 heterocycles. The van der Waals surface area contributed by atoms with Gasteiger partial charge in [-0.1, -0.05) is 35.9 Å². The van der Waals surface area contributed by atoms with Gasteiger partial charge in [0.15, 0.2) is 11.5 Å². The summed E-state index contributed by atoms with van der Waals surface area (Å²) in [4.78, 5) is 27.6. The highest BCUT2D eigenvalue weighted by atomic mass is 35.5. The summed E-state index contributed by atoms with van der Waals surface area (Å²) in [7, 11) is 3.98. The third kappa shape index (κ3) is 6.54. The van der Waals surface area contributed by atoms with Crippen molar-refractivity contribution in [1.82, 2.24) is 29.5 Å². The van der Waals surface area contributed by atoms with Crippen molar-refractivity contribution >= 4 is 34.2 Å². The van der Waals surface area contributed by atoms with Crippen LogP contribution in [0, 0.1) is 13.8 Å². The van der Waals surface area contributed by atoms with Crippen LogP contribution in [0.15, 0.2) is 66.9 Å². The van der Waals surface area contributed by atoms with E-state index in [1.807, 2.05) is 56.6 Å². The number of aromatic nitrogens is 4. The Morgan fingerprint density at radius 1 is 0.953 bits per heavy atom. The van der Waals surface area contributed by atoms with E-state index in [9.17, 15) is 4.79 Å². The Morgan fingerprint density at radius 3 is 2.53 bits per heavy atom. The lowest BCUT2D eigenvalue weighted by molar-refractivity contribution is 0.102. The summed E-state index contributed by atoms with van der Waals surface area (Å²) in [6.45, 7) is 9.22. The number of carbonyl (C=O) groups is 1. The van der Waals surface area contributed by atoms with Crippen molar-refractivity contribution in [2.24, 2.45) is 7.05 Å². The smallest absolute Gasteiger partial charge is 0.256 e. The number of piperazine rings is 1. The quantitative estimate of drug-likeness (QED) is 0.243. The molecule has 1 saturated heterocycles. The van der Waals surface area contributed by atoms with E-state index in [0.29, 0.717) is 39.1 Å². The molecule has 0 radical (unpaired) electrons. The van der Waals surface area contributed by atoms with Crippen molar-refractivity contribution in [2.45, 2.75) is 20.4 Å². The topological polar surface area (TPSA) is 88.4 Å². The lowest BCUT2D eigenvalue weighted by Gasteiger charge is -2.32. The lowest BCUT2D eigenvalue weighted by Crippen LogP contribution is -2.43. The van der Waals surface area contributed by atoms with Gasteiger partial charge in [-0.25, -0.2) is 4.98 Å². The molecule has 1 N–H and O–H groups in total. The average molecular weight is 596 g/mol. The molecule has 9 nitrogen and oxygen atoms in total. The van der Waals surface area contributed by atoms with Gasteiger partial charge in [-0.05, 0) is 74.0 Å². The second-order valence-corrected chi connectivity index (χ2v) is 11.6. The fraction of sp³-hybridized carbons (Fsp3) is 0.273. The number of nitrogens with one attached hydrogen (secondary N) is 1. The maximum absolute atomic E-state index is 13.4. The first-order valence-electron chi connectivity index (χ1n) is 14.3. The van der Waals surface area contributed by atoms with Crippen molar-refractivity contribution < 1.29 is 9.53 Å². The molecule has 0 saturated carbocycles. The van der Waals surface area contributed by atoms with Crippen molar-refractivity contribution in [3.8, 4) is 23.0 Å². The van der Waals surface area contributed by atoms with Crippen LogP contribution in [0.3, 0.4) is 0 Å². The maximum Gasteiger partial charge on any atom is 0.256 e. The number of halogens is 1. The summed E-state index contributed by atoms with van der Waals surface area (Å²) in [5, 5.41) is 8.78. The van der Waals surface area contributed by atoms with E-state index in [0.717, 1.165) is 55.1 Å². The molecule has 0 atom stereocenters. The highest BCUT2D eigenvalue weighted by Gasteiger charge is 2.18. The Labute approximate surface area is 256 Å². The molecule has 10 heteroatoms. The van der Waals surface area contributed by atoms with Crippen molar-refractivity contribution in [3.63, 3.8) is 0 Å². The van der Waals surface area contributed by atoms with Gasteiger partial charge in [0, 0.05) is 67.8 Å². The number of benzene rings is 3. The minimum atomic E-state index is -0.206. The predicted molar refractivity (Wildman–Crippen MR) is 170 cm³/mol. The standard InChI is InChI=1S/C33H34ClN7O2/c1-21-8-11-27(43-33-29-20-40(4)38-31(29)36-30(37-33)23-6-5-7-25(34)17-23)18-28(21)32(42)35-26-10-9-24(22(2)16-26)19-41-14-12-39(3)13-15-41/h5-11,16-18,20H,12-15,19H2,1-4H3,(H,35,42). The molecule has 0 aliphatic carbocycles. The Balaban J connectivity index is 1.22. The number of likely N-dealkylation sites (N-methyl/N-ethyl adjacent to an activating group) is 1. The van der Waals surface area contributed by atoms with Crippen molar-refractivity contribution in [1.29, 1.82) is 0 Å². The molecular weight excluding hydrogens is 562 g/mol. The summed E-state index contributed by atoms with van der Waals surface area (Å²) in [6, 6.07) is 18.9. The molecule has 220 valence electrons. The second-order valence-electron chi connectivity index (χ2n) is 11.2. The molecule has 1 aliphatic heterocycles. The van der Waals surface area contributed by atoms with Crippen LogP contribution in [0.1, 0.15) is 27.0 Å². The highest BCUT2D eigenvalue weighted by Crippen LogP contribution is 2.31. The SMILES string of the molecule is Cc1cc(NC(=O)c2cc(Oc3nc(-c4cccc(Cl)c4)nc4nn(C)cc34)ccc2C)ccc1CN1CCN(C)CC1. The minimum absolute atomic E-state index is 0.206. The summed E-state index contributed by atoms with van der Waals surface area (Å²) in [5.74, 6) is 1.06. The van der Waals surface area contributed by atoms with E-state index in [2.05, 4.69) is 45.2 Å². The van der Waals surface area contributed by atoms with Crippen LogP contribution in [0.2, 0.25) is 5.02 Å². The largest absolute Gasteiger partial charge is 0.438 e. The van der Waals surface area contributed by atoms with E-state index in [1.54, 1.807) is 22.9 Å². The van der Waals surface area contributed by atoms with E-state index >= 15 is 0 Å². The van der Waals surface area contributed by atoms with Gasteiger partial charge in [0.1, 0.15) is 11.1 Å². The van der Waals surface area contributed by atoms with Crippen LogP contribution < -0.4 is 10.1 Å². The van der Waals surface area contributed by atoms with Gasteiger partial charge < -0.3 is 15.0 Å². The van der Waals surface area contributed by atoms with Gasteiger partial charge in [-0.15, -0.1) is 0 Å². The van der Waals surface area contributed by atoms with Gasteiger partial charge in [0.2, 0.25) is 5.88 Å². The molecule has 6 rings (SSSR count). The summed E-state index contributed by atoms with van der Waals surface area (Å²) in [6.07, 6.45) is 1.81. The minimum Gasteiger partial charge on any atom is -0.438 e. The highest BCUT2D eigenvalue weighted by molar-refractivity contribution is 6.30.